The van der Waals surface area contributed by atoms with Crippen LogP contribution in [0.1, 0.15) is 19.4 Å². The van der Waals surface area contributed by atoms with Crippen molar-refractivity contribution >= 4 is 30.1 Å². The van der Waals surface area contributed by atoms with E-state index in [-0.39, 0.29) is 17.9 Å². The van der Waals surface area contributed by atoms with E-state index in [4.69, 9.17) is 17.3 Å². The molecule has 0 bridgehead atoms. The molecular formula is C11H15Cl2N. The topological polar surface area (TPSA) is 26.0 Å². The summed E-state index contributed by atoms with van der Waals surface area (Å²) in [4.78, 5) is 0. The van der Waals surface area contributed by atoms with Gasteiger partial charge in [-0.05, 0) is 31.5 Å². The van der Waals surface area contributed by atoms with Crippen LogP contribution >= 0.6 is 24.0 Å². The van der Waals surface area contributed by atoms with Crippen LogP contribution in [0.5, 0.6) is 0 Å². The molecular weight excluding hydrogens is 217 g/mol. The number of halogens is 2. The molecule has 0 fully saturated rings. The summed E-state index contributed by atoms with van der Waals surface area (Å²) in [5.74, 6) is 0. The zero-order valence-electron chi connectivity index (χ0n) is 8.33. The van der Waals surface area contributed by atoms with E-state index in [0.717, 1.165) is 10.6 Å². The van der Waals surface area contributed by atoms with E-state index in [1.54, 1.807) is 0 Å². The Hall–Kier alpha value is -0.500. The summed E-state index contributed by atoms with van der Waals surface area (Å²) in [6.07, 6.45) is 3.96. The van der Waals surface area contributed by atoms with Gasteiger partial charge in [0.15, 0.2) is 0 Å². The number of hydrogen-bond acceptors (Lipinski definition) is 1. The Morgan fingerprint density at radius 1 is 1.21 bits per heavy atom. The molecule has 1 rings (SSSR count). The van der Waals surface area contributed by atoms with Crippen molar-refractivity contribution in [2.45, 2.75) is 19.4 Å². The van der Waals surface area contributed by atoms with Crippen LogP contribution in [-0.2, 0) is 0 Å². The molecule has 0 unspecified atom stereocenters. The molecule has 1 aromatic carbocycles. The molecule has 14 heavy (non-hydrogen) atoms. The first-order valence-corrected chi connectivity index (χ1v) is 4.59. The summed E-state index contributed by atoms with van der Waals surface area (Å²) in [6, 6.07) is 7.66. The lowest BCUT2D eigenvalue weighted by atomic mass is 10.1. The normalized spacial score (nSPS) is 11.4. The number of rotatable bonds is 2. The van der Waals surface area contributed by atoms with Crippen molar-refractivity contribution in [3.63, 3.8) is 0 Å². The molecule has 0 saturated heterocycles. The molecule has 0 saturated carbocycles. The van der Waals surface area contributed by atoms with Gasteiger partial charge in [-0.1, -0.05) is 35.9 Å². The molecule has 0 amide bonds. The Morgan fingerprint density at radius 2 is 1.71 bits per heavy atom. The molecule has 1 nitrogen and oxygen atoms in total. The molecule has 0 aromatic heterocycles. The smallest absolute Gasteiger partial charge is 0.0406 e. The summed E-state index contributed by atoms with van der Waals surface area (Å²) >= 11 is 5.75. The van der Waals surface area contributed by atoms with Gasteiger partial charge in [0.2, 0.25) is 0 Å². The minimum Gasteiger partial charge on any atom is -0.322 e. The fourth-order valence-electron chi connectivity index (χ4n) is 0.885. The lowest BCUT2D eigenvalue weighted by Gasteiger charge is -2.11. The molecule has 78 valence electrons. The highest BCUT2D eigenvalue weighted by atomic mass is 35.5. The van der Waals surface area contributed by atoms with Crippen molar-refractivity contribution < 1.29 is 0 Å². The van der Waals surface area contributed by atoms with Gasteiger partial charge >= 0.3 is 0 Å². The summed E-state index contributed by atoms with van der Waals surface area (Å²) in [5, 5.41) is 0.754. The lowest BCUT2D eigenvalue weighted by Crippen LogP contribution is -2.28. The number of nitrogens with two attached hydrogens (primary N) is 1. The van der Waals surface area contributed by atoms with E-state index in [1.807, 2.05) is 50.3 Å². The summed E-state index contributed by atoms with van der Waals surface area (Å²) in [7, 11) is 0. The second-order valence-electron chi connectivity index (χ2n) is 3.71. The molecule has 0 spiro atoms. The van der Waals surface area contributed by atoms with Gasteiger partial charge in [-0.25, -0.2) is 0 Å². The molecule has 0 aliphatic carbocycles. The third-order valence-electron chi connectivity index (χ3n) is 1.58. The highest BCUT2D eigenvalue weighted by Crippen LogP contribution is 2.11. The molecule has 0 atom stereocenters. The van der Waals surface area contributed by atoms with Crippen molar-refractivity contribution in [2.24, 2.45) is 5.73 Å². The fourth-order valence-corrected chi connectivity index (χ4v) is 1.01. The Labute approximate surface area is 96.4 Å². The monoisotopic (exact) mass is 231 g/mol. The van der Waals surface area contributed by atoms with Crippen molar-refractivity contribution in [1.29, 1.82) is 0 Å². The Balaban J connectivity index is 0.00000169. The van der Waals surface area contributed by atoms with Gasteiger partial charge < -0.3 is 5.73 Å². The van der Waals surface area contributed by atoms with Gasteiger partial charge in [0.05, 0.1) is 0 Å². The van der Waals surface area contributed by atoms with Crippen LogP contribution in [0.2, 0.25) is 5.02 Å². The summed E-state index contributed by atoms with van der Waals surface area (Å²) in [5.41, 5.74) is 6.65. The van der Waals surface area contributed by atoms with Crippen LogP contribution < -0.4 is 5.73 Å². The average molecular weight is 232 g/mol. The van der Waals surface area contributed by atoms with Crippen molar-refractivity contribution in [3.05, 3.63) is 40.9 Å². The first-order chi connectivity index (χ1) is 5.97. The highest BCUT2D eigenvalue weighted by Gasteiger charge is 2.03. The maximum absolute atomic E-state index is 5.80. The quantitative estimate of drug-likeness (QED) is 0.829. The second-order valence-corrected chi connectivity index (χ2v) is 4.14. The Morgan fingerprint density at radius 3 is 2.14 bits per heavy atom. The molecule has 0 radical (unpaired) electrons. The third kappa shape index (κ3) is 5.28. The van der Waals surface area contributed by atoms with Gasteiger partial charge in [0.1, 0.15) is 0 Å². The molecule has 0 aliphatic heterocycles. The van der Waals surface area contributed by atoms with E-state index < -0.39 is 0 Å². The minimum atomic E-state index is -0.264. The lowest BCUT2D eigenvalue weighted by molar-refractivity contribution is 0.657. The number of benzene rings is 1. The van der Waals surface area contributed by atoms with Crippen LogP contribution in [-0.4, -0.2) is 5.54 Å². The van der Waals surface area contributed by atoms with E-state index in [0.29, 0.717) is 0 Å². The van der Waals surface area contributed by atoms with Gasteiger partial charge in [0.25, 0.3) is 0 Å². The predicted octanol–water partition coefficient (Wildman–Crippen LogP) is 3.51. The first kappa shape index (κ1) is 13.5. The van der Waals surface area contributed by atoms with Crippen molar-refractivity contribution in [1.82, 2.24) is 0 Å². The Bertz CT molecular complexity index is 296. The zero-order valence-corrected chi connectivity index (χ0v) is 9.90. The van der Waals surface area contributed by atoms with Crippen LogP contribution in [0.4, 0.5) is 0 Å². The summed E-state index contributed by atoms with van der Waals surface area (Å²) in [6.45, 7) is 3.92. The van der Waals surface area contributed by atoms with Crippen molar-refractivity contribution in [3.8, 4) is 0 Å². The SMILES string of the molecule is CC(C)(N)/C=C/c1ccc(Cl)cc1.Cl. The van der Waals surface area contributed by atoms with Crippen LogP contribution in [0.15, 0.2) is 30.3 Å². The zero-order chi connectivity index (χ0) is 9.90. The Kier molecular flexibility index (Phi) is 5.21. The van der Waals surface area contributed by atoms with Gasteiger partial charge in [-0.3, -0.25) is 0 Å². The molecule has 0 heterocycles. The average Bonchev–Trinajstić information content (AvgIpc) is 2.02. The van der Waals surface area contributed by atoms with E-state index in [2.05, 4.69) is 0 Å². The first-order valence-electron chi connectivity index (χ1n) is 4.21. The van der Waals surface area contributed by atoms with Crippen LogP contribution in [0.3, 0.4) is 0 Å². The van der Waals surface area contributed by atoms with E-state index >= 15 is 0 Å². The standard InChI is InChI=1S/C11H14ClN.ClH/c1-11(2,13)8-7-9-3-5-10(12)6-4-9;/h3-8H,13H2,1-2H3;1H/b8-7+;. The highest BCUT2D eigenvalue weighted by molar-refractivity contribution is 6.30. The molecule has 2 N–H and O–H groups in total. The minimum absolute atomic E-state index is 0. The fraction of sp³-hybridized carbons (Fsp3) is 0.273. The van der Waals surface area contributed by atoms with E-state index in [9.17, 15) is 0 Å². The predicted molar refractivity (Wildman–Crippen MR) is 66.0 cm³/mol. The molecule has 1 aromatic rings. The van der Waals surface area contributed by atoms with Gasteiger partial charge in [-0.15, -0.1) is 12.4 Å². The van der Waals surface area contributed by atoms with Gasteiger partial charge in [-0.2, -0.15) is 0 Å². The second kappa shape index (κ2) is 5.40. The number of hydrogen-bond donors (Lipinski definition) is 1. The summed E-state index contributed by atoms with van der Waals surface area (Å²) < 4.78 is 0. The third-order valence-corrected chi connectivity index (χ3v) is 1.83. The molecule has 0 aliphatic rings. The van der Waals surface area contributed by atoms with E-state index in [1.165, 1.54) is 0 Å². The van der Waals surface area contributed by atoms with Crippen LogP contribution in [0, 0.1) is 0 Å². The molecule has 3 heteroatoms. The maximum Gasteiger partial charge on any atom is 0.0406 e. The maximum atomic E-state index is 5.80. The largest absolute Gasteiger partial charge is 0.322 e. The van der Waals surface area contributed by atoms with Gasteiger partial charge in [0, 0.05) is 10.6 Å². The van der Waals surface area contributed by atoms with Crippen molar-refractivity contribution in [2.75, 3.05) is 0 Å². The van der Waals surface area contributed by atoms with Crippen LogP contribution in [0.25, 0.3) is 6.08 Å².